The minimum atomic E-state index is -4.43. The van der Waals surface area contributed by atoms with Crippen LogP contribution in [0.3, 0.4) is 0 Å². The van der Waals surface area contributed by atoms with Crippen molar-refractivity contribution < 1.29 is 26.3 Å². The van der Waals surface area contributed by atoms with Gasteiger partial charge < -0.3 is 0 Å². The van der Waals surface area contributed by atoms with Crippen LogP contribution in [0.1, 0.15) is 6.92 Å². The molecule has 0 atom stereocenters. The molecule has 0 bridgehead atoms. The smallest absolute Gasteiger partial charge is 0.206 e. The largest absolute Gasteiger partial charge is 0.426 e. The van der Waals surface area contributed by atoms with E-state index in [-0.39, 0.29) is 0 Å². The van der Waals surface area contributed by atoms with Crippen LogP contribution < -0.4 is 0 Å². The fraction of sp³-hybridized carbons (Fsp3) is 0.333. The highest BCUT2D eigenvalue weighted by molar-refractivity contribution is 6.29. The fourth-order valence-electron chi connectivity index (χ4n) is 0. The van der Waals surface area contributed by atoms with E-state index in [9.17, 15) is 26.3 Å². The molecule has 0 amide bonds. The molecular weight excluding hydrogens is 222 g/mol. The Hall–Kier alpha value is -0.650. The van der Waals surface area contributed by atoms with Gasteiger partial charge in [-0.3, -0.25) is 0 Å². The van der Waals surface area contributed by atoms with Crippen LogP contribution in [0.4, 0.5) is 26.3 Å². The summed E-state index contributed by atoms with van der Waals surface area (Å²) in [6, 6.07) is 0. The molecule has 78 valence electrons. The van der Waals surface area contributed by atoms with Gasteiger partial charge in [0.1, 0.15) is 5.03 Å². The maximum Gasteiger partial charge on any atom is 0.426 e. The van der Waals surface area contributed by atoms with E-state index in [4.69, 9.17) is 0 Å². The van der Waals surface area contributed by atoms with E-state index in [1.807, 2.05) is 0 Å². The van der Waals surface area contributed by atoms with E-state index in [1.165, 1.54) is 0 Å². The van der Waals surface area contributed by atoms with Crippen molar-refractivity contribution in [1.29, 1.82) is 0 Å². The van der Waals surface area contributed by atoms with E-state index in [0.717, 1.165) is 0 Å². The molecule has 0 aliphatic heterocycles. The van der Waals surface area contributed by atoms with Crippen LogP contribution in [0.2, 0.25) is 0 Å². The van der Waals surface area contributed by atoms with Gasteiger partial charge in [-0.25, -0.2) is 4.39 Å². The quantitative estimate of drug-likeness (QED) is 0.538. The summed E-state index contributed by atoms with van der Waals surface area (Å²) < 4.78 is 65.1. The highest BCUT2D eigenvalue weighted by atomic mass is 35.5. The minimum absolute atomic E-state index is 0.704. The average Bonchev–Trinajstić information content (AvgIpc) is 1.86. The second-order valence-electron chi connectivity index (χ2n) is 1.70. The van der Waals surface area contributed by atoms with Crippen LogP contribution in [0.15, 0.2) is 23.5 Å². The second-order valence-corrected chi connectivity index (χ2v) is 2.15. The van der Waals surface area contributed by atoms with Crippen molar-refractivity contribution >= 4 is 11.6 Å². The lowest BCUT2D eigenvalue weighted by Gasteiger charge is -1.98. The topological polar surface area (TPSA) is 0 Å². The fourth-order valence-corrected chi connectivity index (χ4v) is 0. The first-order valence-electron chi connectivity index (χ1n) is 2.68. The molecule has 0 heterocycles. The third-order valence-electron chi connectivity index (χ3n) is 0.568. The molecule has 0 aliphatic rings. The monoisotopic (exact) mass is 226 g/mol. The van der Waals surface area contributed by atoms with Gasteiger partial charge >= 0.3 is 12.3 Å². The van der Waals surface area contributed by atoms with Gasteiger partial charge in [0.05, 0.1) is 0 Å². The summed E-state index contributed by atoms with van der Waals surface area (Å²) in [6.45, 7) is 3.17. The number of hydrogen-bond acceptors (Lipinski definition) is 0. The SMILES string of the molecule is C=C(Cl)C(F)(F)F.CC(F)=C(F)F. The first-order chi connectivity index (χ1) is 5.59. The molecule has 13 heavy (non-hydrogen) atoms. The van der Waals surface area contributed by atoms with Crippen molar-refractivity contribution in [3.63, 3.8) is 0 Å². The predicted molar refractivity (Wildman–Crippen MR) is 37.1 cm³/mol. The zero-order chi connectivity index (χ0) is 11.2. The van der Waals surface area contributed by atoms with Gasteiger partial charge in [-0.1, -0.05) is 18.2 Å². The highest BCUT2D eigenvalue weighted by Gasteiger charge is 2.30. The molecule has 0 spiro atoms. The van der Waals surface area contributed by atoms with E-state index in [0.29, 0.717) is 6.92 Å². The third kappa shape index (κ3) is 11.3. The summed E-state index contributed by atoms with van der Waals surface area (Å²) >= 11 is 4.43. The number of alkyl halides is 3. The van der Waals surface area contributed by atoms with Crippen molar-refractivity contribution in [2.45, 2.75) is 13.1 Å². The molecule has 0 saturated carbocycles. The van der Waals surface area contributed by atoms with Crippen molar-refractivity contribution in [3.8, 4) is 0 Å². The van der Waals surface area contributed by atoms with Crippen LogP contribution >= 0.6 is 11.6 Å². The molecule has 0 aromatic rings. The molecule has 0 rings (SSSR count). The minimum Gasteiger partial charge on any atom is -0.206 e. The average molecular weight is 227 g/mol. The number of rotatable bonds is 0. The van der Waals surface area contributed by atoms with E-state index in [1.54, 1.807) is 0 Å². The Kier molecular flexibility index (Phi) is 6.75. The van der Waals surface area contributed by atoms with Gasteiger partial charge in [0.25, 0.3) is 0 Å². The Morgan fingerprint density at radius 1 is 1.15 bits per heavy atom. The molecule has 0 aliphatic carbocycles. The number of allylic oxidation sites excluding steroid dienone is 2. The molecule has 0 aromatic carbocycles. The standard InChI is InChI=1S/C3H2ClF3.C3H3F3/c1-2(4)3(5,6)7;1-2(4)3(5)6/h1H2;1H3. The summed E-state index contributed by atoms with van der Waals surface area (Å²) in [5, 5.41) is -1.28. The van der Waals surface area contributed by atoms with Crippen molar-refractivity contribution in [3.05, 3.63) is 23.5 Å². The van der Waals surface area contributed by atoms with Crippen LogP contribution in [0, 0.1) is 0 Å². The molecule has 0 fully saturated rings. The van der Waals surface area contributed by atoms with Crippen LogP contribution in [0.25, 0.3) is 0 Å². The summed E-state index contributed by atoms with van der Waals surface area (Å²) in [4.78, 5) is 0. The summed E-state index contributed by atoms with van der Waals surface area (Å²) in [6.07, 6.45) is -6.67. The van der Waals surface area contributed by atoms with Crippen LogP contribution in [0.5, 0.6) is 0 Å². The highest BCUT2D eigenvalue weighted by Crippen LogP contribution is 2.26. The Morgan fingerprint density at radius 3 is 1.31 bits per heavy atom. The molecule has 0 radical (unpaired) electrons. The van der Waals surface area contributed by atoms with Crippen molar-refractivity contribution in [2.24, 2.45) is 0 Å². The molecule has 0 nitrogen and oxygen atoms in total. The Bertz CT molecular complexity index is 186. The molecule has 0 unspecified atom stereocenters. The Morgan fingerprint density at radius 2 is 1.31 bits per heavy atom. The van der Waals surface area contributed by atoms with Gasteiger partial charge in [0.2, 0.25) is 0 Å². The van der Waals surface area contributed by atoms with Gasteiger partial charge in [-0.05, 0) is 6.92 Å². The summed E-state index contributed by atoms with van der Waals surface area (Å²) in [5.74, 6) is -1.41. The maximum absolute atomic E-state index is 11.0. The van der Waals surface area contributed by atoms with Gasteiger partial charge in [0, 0.05) is 0 Å². The maximum atomic E-state index is 11.0. The zero-order valence-electron chi connectivity index (χ0n) is 6.35. The Labute approximate surface area is 75.5 Å². The number of hydrogen-bond donors (Lipinski definition) is 0. The predicted octanol–water partition coefficient (Wildman–Crippen LogP) is 4.39. The molecule has 0 saturated heterocycles. The van der Waals surface area contributed by atoms with E-state index >= 15 is 0 Å². The van der Waals surface area contributed by atoms with E-state index < -0.39 is 23.1 Å². The van der Waals surface area contributed by atoms with Gasteiger partial charge in [-0.2, -0.15) is 22.0 Å². The van der Waals surface area contributed by atoms with Crippen LogP contribution in [-0.2, 0) is 0 Å². The van der Waals surface area contributed by atoms with Crippen molar-refractivity contribution in [2.75, 3.05) is 0 Å². The second kappa shape index (κ2) is 5.90. The lowest BCUT2D eigenvalue weighted by atomic mass is 10.6. The van der Waals surface area contributed by atoms with Crippen LogP contribution in [-0.4, -0.2) is 6.18 Å². The zero-order valence-corrected chi connectivity index (χ0v) is 7.11. The van der Waals surface area contributed by atoms with Gasteiger partial charge in [-0.15, -0.1) is 0 Å². The molecule has 0 aromatic heterocycles. The molecule has 0 N–H and O–H groups in total. The summed E-state index contributed by atoms with van der Waals surface area (Å²) in [5.41, 5.74) is 0. The summed E-state index contributed by atoms with van der Waals surface area (Å²) in [7, 11) is 0. The molecular formula is C6H5ClF6. The third-order valence-corrected chi connectivity index (χ3v) is 0.782. The van der Waals surface area contributed by atoms with E-state index in [2.05, 4.69) is 18.2 Å². The van der Waals surface area contributed by atoms with Gasteiger partial charge in [0.15, 0.2) is 5.83 Å². The Balaban J connectivity index is 0. The normalized spacial score (nSPS) is 9.85. The number of halogens is 7. The first-order valence-corrected chi connectivity index (χ1v) is 3.05. The molecule has 7 heteroatoms. The lowest BCUT2D eigenvalue weighted by Crippen LogP contribution is -2.04. The first kappa shape index (κ1) is 14.9. The lowest BCUT2D eigenvalue weighted by molar-refractivity contribution is -0.0841. The van der Waals surface area contributed by atoms with Crippen molar-refractivity contribution in [1.82, 2.24) is 0 Å².